The number of ether oxygens (including phenoxy) is 1. The zero-order chi connectivity index (χ0) is 15.9. The van der Waals surface area contributed by atoms with Crippen LogP contribution in [-0.2, 0) is 9.30 Å². The van der Waals surface area contributed by atoms with Crippen LogP contribution in [0.2, 0.25) is 0 Å². The highest BCUT2D eigenvalue weighted by Crippen LogP contribution is 2.74. The van der Waals surface area contributed by atoms with Crippen LogP contribution in [0.5, 0.6) is 0 Å². The molecule has 0 aliphatic carbocycles. The summed E-state index contributed by atoms with van der Waals surface area (Å²) in [6.07, 6.45) is -10.1. The molecule has 0 atom stereocenters. The summed E-state index contributed by atoms with van der Waals surface area (Å²) in [6, 6.07) is -3.53. The Morgan fingerprint density at radius 3 is 1.58 bits per heavy atom. The summed E-state index contributed by atoms with van der Waals surface area (Å²) in [5.74, 6) is -12.9. The lowest BCUT2D eigenvalue weighted by atomic mass is 10.3. The standard InChI is InChI=1S/C5Cl2F9O2P/c6-19(7,17)5(15,16)3(11,12)4(13,14)18-2(10)1(8)9. The lowest BCUT2D eigenvalue weighted by Gasteiger charge is -2.31. The van der Waals surface area contributed by atoms with E-state index in [1.54, 1.807) is 0 Å². The van der Waals surface area contributed by atoms with E-state index in [1.165, 1.54) is 0 Å². The van der Waals surface area contributed by atoms with Crippen LogP contribution in [0.4, 0.5) is 39.5 Å². The second-order valence-corrected chi connectivity index (χ2v) is 7.59. The van der Waals surface area contributed by atoms with Crippen molar-refractivity contribution in [1.82, 2.24) is 0 Å². The fourth-order valence-electron chi connectivity index (χ4n) is 0.554. The monoisotopic (exact) mass is 364 g/mol. The van der Waals surface area contributed by atoms with Gasteiger partial charge in [-0.1, -0.05) is 0 Å². The first kappa shape index (κ1) is 18.7. The van der Waals surface area contributed by atoms with Crippen LogP contribution < -0.4 is 0 Å². The third kappa shape index (κ3) is 3.43. The van der Waals surface area contributed by atoms with Gasteiger partial charge in [0.05, 0.1) is 0 Å². The maximum Gasteiger partial charge on any atom is 0.473 e. The molecule has 2 nitrogen and oxygen atoms in total. The molecule has 0 bridgehead atoms. The van der Waals surface area contributed by atoms with Crippen molar-refractivity contribution in [1.29, 1.82) is 0 Å². The van der Waals surface area contributed by atoms with Gasteiger partial charge in [0.15, 0.2) is 0 Å². The molecular weight excluding hydrogens is 365 g/mol. The Kier molecular flexibility index (Phi) is 5.17. The zero-order valence-corrected chi connectivity index (χ0v) is 10.3. The molecule has 0 spiro atoms. The third-order valence-corrected chi connectivity index (χ3v) is 3.65. The molecule has 114 valence electrons. The van der Waals surface area contributed by atoms with Crippen molar-refractivity contribution < 1.29 is 48.8 Å². The molecule has 0 heterocycles. The zero-order valence-electron chi connectivity index (χ0n) is 7.92. The fourth-order valence-corrected chi connectivity index (χ4v) is 1.65. The van der Waals surface area contributed by atoms with E-state index in [4.69, 9.17) is 0 Å². The third-order valence-electron chi connectivity index (χ3n) is 1.44. The minimum absolute atomic E-state index is 2.11. The number of hydrogen-bond acceptors (Lipinski definition) is 2. The van der Waals surface area contributed by atoms with Crippen molar-refractivity contribution in [3.8, 4) is 0 Å². The van der Waals surface area contributed by atoms with E-state index in [1.807, 2.05) is 0 Å². The topological polar surface area (TPSA) is 26.3 Å². The lowest BCUT2D eigenvalue weighted by Crippen LogP contribution is -2.54. The van der Waals surface area contributed by atoms with Crippen LogP contribution in [0, 0.1) is 0 Å². The van der Waals surface area contributed by atoms with E-state index in [-0.39, 0.29) is 0 Å². The SMILES string of the molecule is O=P(Cl)(Cl)C(F)(F)C(F)(F)C(F)(F)OC(F)=C(F)F. The Morgan fingerprint density at radius 1 is 0.947 bits per heavy atom. The summed E-state index contributed by atoms with van der Waals surface area (Å²) in [5, 5.41) is 0. The van der Waals surface area contributed by atoms with E-state index in [0.29, 0.717) is 0 Å². The predicted molar refractivity (Wildman–Crippen MR) is 45.6 cm³/mol. The Balaban J connectivity index is 5.65. The van der Waals surface area contributed by atoms with Crippen molar-refractivity contribution in [3.05, 3.63) is 12.1 Å². The maximum atomic E-state index is 12.7. The van der Waals surface area contributed by atoms with Crippen LogP contribution in [0.15, 0.2) is 12.1 Å². The van der Waals surface area contributed by atoms with Crippen molar-refractivity contribution in [2.75, 3.05) is 0 Å². The highest BCUT2D eigenvalue weighted by Gasteiger charge is 2.80. The number of rotatable bonds is 5. The van der Waals surface area contributed by atoms with E-state index < -0.39 is 35.6 Å². The minimum atomic E-state index is -6.73. The average Bonchev–Trinajstić information content (AvgIpc) is 2.14. The van der Waals surface area contributed by atoms with Crippen LogP contribution in [0.1, 0.15) is 0 Å². The molecule has 14 heteroatoms. The summed E-state index contributed by atoms with van der Waals surface area (Å²) in [6.45, 7) is 0. The number of hydrogen-bond donors (Lipinski definition) is 0. The van der Waals surface area contributed by atoms with Gasteiger partial charge >= 0.3 is 35.6 Å². The van der Waals surface area contributed by atoms with Crippen LogP contribution >= 0.6 is 28.3 Å². The van der Waals surface area contributed by atoms with Crippen molar-refractivity contribution in [3.63, 3.8) is 0 Å². The van der Waals surface area contributed by atoms with E-state index >= 15 is 0 Å². The molecule has 0 aromatic heterocycles. The first-order valence-corrected chi connectivity index (χ1v) is 7.12. The van der Waals surface area contributed by atoms with Gasteiger partial charge < -0.3 is 4.74 Å². The van der Waals surface area contributed by atoms with Gasteiger partial charge in [0.25, 0.3) is 0 Å². The molecule has 0 unspecified atom stereocenters. The molecule has 0 amide bonds. The predicted octanol–water partition coefficient (Wildman–Crippen LogP) is 5.53. The summed E-state index contributed by atoms with van der Waals surface area (Å²) in [4.78, 5) is 0. The van der Waals surface area contributed by atoms with Crippen molar-refractivity contribution in [2.24, 2.45) is 0 Å². The van der Waals surface area contributed by atoms with Crippen LogP contribution in [0.25, 0.3) is 0 Å². The summed E-state index contributed by atoms with van der Waals surface area (Å²) >= 11 is 8.33. The quantitative estimate of drug-likeness (QED) is 0.364. The molecule has 0 aliphatic rings. The van der Waals surface area contributed by atoms with Crippen molar-refractivity contribution in [2.45, 2.75) is 17.7 Å². The molecule has 0 fully saturated rings. The Labute approximate surface area is 108 Å². The van der Waals surface area contributed by atoms with Gasteiger partial charge in [0.1, 0.15) is 0 Å². The van der Waals surface area contributed by atoms with Crippen LogP contribution in [0.3, 0.4) is 0 Å². The highest BCUT2D eigenvalue weighted by atomic mass is 35.9. The highest BCUT2D eigenvalue weighted by molar-refractivity contribution is 8.09. The Morgan fingerprint density at radius 2 is 1.32 bits per heavy atom. The van der Waals surface area contributed by atoms with Gasteiger partial charge in [-0.15, -0.1) is 0 Å². The molecule has 0 aromatic carbocycles. The molecule has 19 heavy (non-hydrogen) atoms. The van der Waals surface area contributed by atoms with E-state index in [0.717, 1.165) is 0 Å². The van der Waals surface area contributed by atoms with Gasteiger partial charge in [-0.25, -0.2) is 0 Å². The van der Waals surface area contributed by atoms with E-state index in [9.17, 15) is 44.1 Å². The smallest absolute Gasteiger partial charge is 0.397 e. The molecular formula is C5Cl2F9O2P. The molecule has 0 aromatic rings. The summed E-state index contributed by atoms with van der Waals surface area (Å²) in [5.41, 5.74) is -6.26. The number of halogens is 11. The molecule has 0 saturated carbocycles. The molecule has 0 radical (unpaired) electrons. The Hall–Kier alpha value is -0.280. The second kappa shape index (κ2) is 5.25. The number of alkyl halides is 6. The largest absolute Gasteiger partial charge is 0.473 e. The molecule has 0 aliphatic heterocycles. The van der Waals surface area contributed by atoms with Gasteiger partial charge in [-0.2, -0.15) is 39.5 Å². The van der Waals surface area contributed by atoms with Gasteiger partial charge in [0.2, 0.25) is 0 Å². The summed E-state index contributed by atoms with van der Waals surface area (Å²) in [7, 11) is 0. The maximum absolute atomic E-state index is 12.7. The first-order chi connectivity index (χ1) is 8.08. The van der Waals surface area contributed by atoms with Gasteiger partial charge in [0, 0.05) is 0 Å². The molecule has 0 rings (SSSR count). The van der Waals surface area contributed by atoms with Gasteiger partial charge in [-0.05, 0) is 22.5 Å². The molecule has 0 saturated heterocycles. The van der Waals surface area contributed by atoms with Crippen molar-refractivity contribution >= 4 is 28.3 Å². The average molecular weight is 365 g/mol. The normalized spacial score (nSPS) is 14.3. The fraction of sp³-hybridized carbons (Fsp3) is 0.600. The minimum Gasteiger partial charge on any atom is -0.397 e. The second-order valence-electron chi connectivity index (χ2n) is 2.73. The molecule has 0 N–H and O–H groups in total. The summed E-state index contributed by atoms with van der Waals surface area (Å²) < 4.78 is 123. The van der Waals surface area contributed by atoms with Gasteiger partial charge in [-0.3, -0.25) is 4.57 Å². The Bertz CT molecular complexity index is 426. The van der Waals surface area contributed by atoms with Crippen LogP contribution in [-0.4, -0.2) is 17.7 Å². The lowest BCUT2D eigenvalue weighted by molar-refractivity contribution is -0.376. The van der Waals surface area contributed by atoms with E-state index in [2.05, 4.69) is 27.2 Å². The first-order valence-electron chi connectivity index (χ1n) is 3.60.